The van der Waals surface area contributed by atoms with Crippen molar-refractivity contribution >= 4 is 5.91 Å². The van der Waals surface area contributed by atoms with Crippen LogP contribution >= 0.6 is 0 Å². The standard InChI is InChI=1S/C15H23N3O/c1-11(15(19)17-16)14-7-5-13(6-8-14)10-18(2)9-12-3-4-12/h5-8,11-12H,3-4,9-10,16H2,1-2H3,(H,17,19). The summed E-state index contributed by atoms with van der Waals surface area (Å²) < 4.78 is 0. The molecule has 1 aromatic rings. The summed E-state index contributed by atoms with van der Waals surface area (Å²) in [5.41, 5.74) is 4.47. The van der Waals surface area contributed by atoms with Gasteiger partial charge in [0, 0.05) is 13.1 Å². The minimum Gasteiger partial charge on any atom is -0.302 e. The molecule has 0 heterocycles. The van der Waals surface area contributed by atoms with Crippen molar-refractivity contribution in [3.63, 3.8) is 0 Å². The second-order valence-corrected chi connectivity index (χ2v) is 5.61. The molecule has 1 atom stereocenters. The number of rotatable bonds is 6. The van der Waals surface area contributed by atoms with Crippen LogP contribution in [0.15, 0.2) is 24.3 Å². The summed E-state index contributed by atoms with van der Waals surface area (Å²) in [6, 6.07) is 8.22. The van der Waals surface area contributed by atoms with E-state index in [-0.39, 0.29) is 11.8 Å². The number of nitrogens with zero attached hydrogens (tertiary/aromatic N) is 1. The zero-order valence-electron chi connectivity index (χ0n) is 11.7. The second-order valence-electron chi connectivity index (χ2n) is 5.61. The van der Waals surface area contributed by atoms with E-state index in [4.69, 9.17) is 5.84 Å². The molecule has 0 bridgehead atoms. The van der Waals surface area contributed by atoms with Crippen LogP contribution in [0.4, 0.5) is 0 Å². The van der Waals surface area contributed by atoms with E-state index in [0.717, 1.165) is 18.0 Å². The Labute approximate surface area is 114 Å². The number of hydrazine groups is 1. The maximum atomic E-state index is 11.5. The molecule has 0 spiro atoms. The lowest BCUT2D eigenvalue weighted by molar-refractivity contribution is -0.122. The highest BCUT2D eigenvalue weighted by Crippen LogP contribution is 2.29. The Morgan fingerprint density at radius 3 is 2.58 bits per heavy atom. The Morgan fingerprint density at radius 2 is 2.05 bits per heavy atom. The molecule has 0 aromatic heterocycles. The Bertz CT molecular complexity index is 426. The third-order valence-corrected chi connectivity index (χ3v) is 3.73. The summed E-state index contributed by atoms with van der Waals surface area (Å²) in [5.74, 6) is 5.71. The maximum absolute atomic E-state index is 11.5. The fourth-order valence-electron chi connectivity index (χ4n) is 2.31. The second kappa shape index (κ2) is 6.17. The minimum atomic E-state index is -0.205. The largest absolute Gasteiger partial charge is 0.302 e. The fraction of sp³-hybridized carbons (Fsp3) is 0.533. The van der Waals surface area contributed by atoms with Crippen molar-refractivity contribution in [1.82, 2.24) is 10.3 Å². The summed E-state index contributed by atoms with van der Waals surface area (Å²) in [5, 5.41) is 0. The lowest BCUT2D eigenvalue weighted by Crippen LogP contribution is -2.33. The first-order valence-electron chi connectivity index (χ1n) is 6.88. The van der Waals surface area contributed by atoms with Crippen molar-refractivity contribution in [3.8, 4) is 0 Å². The van der Waals surface area contributed by atoms with Crippen LogP contribution in [0.2, 0.25) is 0 Å². The average Bonchev–Trinajstić information content (AvgIpc) is 3.21. The molecule has 0 aliphatic heterocycles. The molecule has 1 aromatic carbocycles. The Hall–Kier alpha value is -1.39. The number of nitrogens with one attached hydrogen (secondary N) is 1. The first kappa shape index (κ1) is 14.0. The Balaban J connectivity index is 1.91. The number of nitrogens with two attached hydrogens (primary N) is 1. The highest BCUT2D eigenvalue weighted by molar-refractivity contribution is 5.82. The molecule has 2 rings (SSSR count). The first-order valence-corrected chi connectivity index (χ1v) is 6.88. The highest BCUT2D eigenvalue weighted by Gasteiger charge is 2.22. The molecular formula is C15H23N3O. The monoisotopic (exact) mass is 261 g/mol. The van der Waals surface area contributed by atoms with E-state index in [1.165, 1.54) is 24.9 Å². The molecule has 1 unspecified atom stereocenters. The molecule has 1 aliphatic rings. The van der Waals surface area contributed by atoms with Gasteiger partial charge in [-0.1, -0.05) is 24.3 Å². The summed E-state index contributed by atoms with van der Waals surface area (Å²) in [6.45, 7) is 4.01. The van der Waals surface area contributed by atoms with E-state index in [9.17, 15) is 4.79 Å². The normalized spacial score (nSPS) is 16.4. The molecule has 4 nitrogen and oxygen atoms in total. The van der Waals surface area contributed by atoms with Crippen molar-refractivity contribution in [2.45, 2.75) is 32.2 Å². The Kier molecular flexibility index (Phi) is 4.56. The van der Waals surface area contributed by atoms with Gasteiger partial charge >= 0.3 is 0 Å². The predicted molar refractivity (Wildman–Crippen MR) is 76.2 cm³/mol. The number of amides is 1. The van der Waals surface area contributed by atoms with E-state index in [1.807, 2.05) is 19.1 Å². The molecule has 1 saturated carbocycles. The first-order chi connectivity index (χ1) is 9.10. The van der Waals surface area contributed by atoms with E-state index in [1.54, 1.807) is 0 Å². The van der Waals surface area contributed by atoms with Crippen LogP contribution in [-0.4, -0.2) is 24.4 Å². The van der Waals surface area contributed by atoms with Crippen LogP contribution < -0.4 is 11.3 Å². The van der Waals surface area contributed by atoms with Gasteiger partial charge in [0.2, 0.25) is 5.91 Å². The SMILES string of the molecule is CC(C(=O)NN)c1ccc(CN(C)CC2CC2)cc1. The van der Waals surface area contributed by atoms with Gasteiger partial charge in [0.05, 0.1) is 5.92 Å². The van der Waals surface area contributed by atoms with Gasteiger partial charge in [-0.3, -0.25) is 10.2 Å². The quantitative estimate of drug-likeness (QED) is 0.465. The summed E-state index contributed by atoms with van der Waals surface area (Å²) in [7, 11) is 2.16. The lowest BCUT2D eigenvalue weighted by Gasteiger charge is -2.17. The molecule has 1 fully saturated rings. The molecule has 0 saturated heterocycles. The van der Waals surface area contributed by atoms with Crippen LogP contribution in [0, 0.1) is 5.92 Å². The zero-order chi connectivity index (χ0) is 13.8. The minimum absolute atomic E-state index is 0.154. The van der Waals surface area contributed by atoms with Crippen LogP contribution in [0.25, 0.3) is 0 Å². The van der Waals surface area contributed by atoms with E-state index < -0.39 is 0 Å². The molecule has 1 amide bonds. The Morgan fingerprint density at radius 1 is 1.42 bits per heavy atom. The summed E-state index contributed by atoms with van der Waals surface area (Å²) >= 11 is 0. The molecule has 3 N–H and O–H groups in total. The third-order valence-electron chi connectivity index (χ3n) is 3.73. The summed E-state index contributed by atoms with van der Waals surface area (Å²) in [4.78, 5) is 13.8. The molecule has 19 heavy (non-hydrogen) atoms. The van der Waals surface area contributed by atoms with Crippen molar-refractivity contribution in [2.75, 3.05) is 13.6 Å². The molecule has 1 aliphatic carbocycles. The van der Waals surface area contributed by atoms with Crippen molar-refractivity contribution in [1.29, 1.82) is 0 Å². The molecule has 104 valence electrons. The number of hydrogen-bond acceptors (Lipinski definition) is 3. The zero-order valence-corrected chi connectivity index (χ0v) is 11.7. The number of hydrogen-bond donors (Lipinski definition) is 2. The van der Waals surface area contributed by atoms with E-state index in [2.05, 4.69) is 29.5 Å². The van der Waals surface area contributed by atoms with Crippen LogP contribution in [0.5, 0.6) is 0 Å². The van der Waals surface area contributed by atoms with Gasteiger partial charge in [0.25, 0.3) is 0 Å². The fourth-order valence-corrected chi connectivity index (χ4v) is 2.31. The average molecular weight is 261 g/mol. The van der Waals surface area contributed by atoms with Gasteiger partial charge in [0.1, 0.15) is 0 Å². The highest BCUT2D eigenvalue weighted by atomic mass is 16.2. The number of carbonyl (C=O) groups excluding carboxylic acids is 1. The van der Waals surface area contributed by atoms with E-state index in [0.29, 0.717) is 0 Å². The van der Waals surface area contributed by atoms with Crippen molar-refractivity contribution < 1.29 is 4.79 Å². The predicted octanol–water partition coefficient (Wildman–Crippen LogP) is 1.62. The summed E-state index contributed by atoms with van der Waals surface area (Å²) in [6.07, 6.45) is 2.77. The van der Waals surface area contributed by atoms with Gasteiger partial charge in [-0.2, -0.15) is 0 Å². The van der Waals surface area contributed by atoms with Crippen LogP contribution in [0.1, 0.15) is 36.8 Å². The van der Waals surface area contributed by atoms with Gasteiger partial charge in [-0.25, -0.2) is 5.84 Å². The van der Waals surface area contributed by atoms with Crippen molar-refractivity contribution in [2.24, 2.45) is 11.8 Å². The number of carbonyl (C=O) groups is 1. The third kappa shape index (κ3) is 4.04. The lowest BCUT2D eigenvalue weighted by atomic mass is 9.99. The van der Waals surface area contributed by atoms with E-state index >= 15 is 0 Å². The number of benzene rings is 1. The topological polar surface area (TPSA) is 58.4 Å². The van der Waals surface area contributed by atoms with Gasteiger partial charge < -0.3 is 4.90 Å². The maximum Gasteiger partial charge on any atom is 0.241 e. The van der Waals surface area contributed by atoms with Gasteiger partial charge in [0.15, 0.2) is 0 Å². The van der Waals surface area contributed by atoms with Crippen molar-refractivity contribution in [3.05, 3.63) is 35.4 Å². The smallest absolute Gasteiger partial charge is 0.241 e. The van der Waals surface area contributed by atoms with Gasteiger partial charge in [-0.05, 0) is 43.9 Å². The van der Waals surface area contributed by atoms with Crippen LogP contribution in [-0.2, 0) is 11.3 Å². The van der Waals surface area contributed by atoms with Gasteiger partial charge in [-0.15, -0.1) is 0 Å². The molecule has 0 radical (unpaired) electrons. The van der Waals surface area contributed by atoms with Crippen LogP contribution in [0.3, 0.4) is 0 Å². The molecular weight excluding hydrogens is 238 g/mol. The molecule has 4 heteroatoms.